The number of fused-ring (bicyclic) bond motifs is 2. The first-order valence-corrected chi connectivity index (χ1v) is 14.6. The van der Waals surface area contributed by atoms with Crippen molar-refractivity contribution in [3.8, 4) is 11.5 Å². The van der Waals surface area contributed by atoms with Gasteiger partial charge >= 0.3 is 0 Å². The molecule has 2 atom stereocenters. The number of nitrogens with zero attached hydrogens (tertiary/aromatic N) is 2. The number of nitrogens with one attached hydrogen (secondary N) is 1. The van der Waals surface area contributed by atoms with Gasteiger partial charge in [0.05, 0.1) is 20.3 Å². The molecule has 0 spiro atoms. The van der Waals surface area contributed by atoms with E-state index in [2.05, 4.69) is 77.5 Å². The van der Waals surface area contributed by atoms with E-state index in [1.807, 2.05) is 6.07 Å². The van der Waals surface area contributed by atoms with E-state index in [0.29, 0.717) is 12.6 Å². The topological polar surface area (TPSA) is 54.0 Å². The van der Waals surface area contributed by atoms with E-state index < -0.39 is 0 Å². The monoisotopic (exact) mass is 539 g/mol. The van der Waals surface area contributed by atoms with Crippen LogP contribution in [0, 0.1) is 13.8 Å². The third-order valence-corrected chi connectivity index (χ3v) is 9.24. The number of benzene rings is 3. The van der Waals surface area contributed by atoms with Gasteiger partial charge in [-0.05, 0) is 85.0 Å². The first-order valence-electron chi connectivity index (χ1n) is 14.6. The molecule has 6 rings (SSSR count). The molecule has 0 saturated carbocycles. The maximum Gasteiger partial charge on any atom is 0.240 e. The standard InChI is InChI=1S/C34H41N3O3/c1-22-9-10-23(2)27(13-22)19-35-29-18-31(37(21-29)30-14-24-7-5-6-8-25(24)15-30)34(38)36-12-11-26-16-32(39-3)33(40-4)17-28(26)20-36/h5-10,13,16-17,29-31,35H,11-12,14-15,18-21H2,1-4H3/t29-,31-/m0/s1. The SMILES string of the molecule is COc1cc2c(cc1OC)CN(C(=O)[C@@H]1C[C@H](NCc3cc(C)ccc3C)CN1C1Cc3ccccc3C1)CC2. The van der Waals surface area contributed by atoms with Crippen molar-refractivity contribution in [2.75, 3.05) is 27.3 Å². The van der Waals surface area contributed by atoms with Crippen LogP contribution in [-0.4, -0.2) is 61.1 Å². The molecule has 2 heterocycles. The van der Waals surface area contributed by atoms with Gasteiger partial charge in [0.1, 0.15) is 0 Å². The lowest BCUT2D eigenvalue weighted by molar-refractivity contribution is -0.137. The second kappa shape index (κ2) is 11.3. The number of likely N-dealkylation sites (tertiary alicyclic amines) is 1. The highest BCUT2D eigenvalue weighted by atomic mass is 16.5. The molecule has 0 unspecified atom stereocenters. The van der Waals surface area contributed by atoms with Crippen molar-refractivity contribution in [3.63, 3.8) is 0 Å². The number of aryl methyl sites for hydroxylation is 2. The number of ether oxygens (including phenoxy) is 2. The van der Waals surface area contributed by atoms with Gasteiger partial charge in [-0.2, -0.15) is 0 Å². The van der Waals surface area contributed by atoms with Crippen LogP contribution in [0.15, 0.2) is 54.6 Å². The largest absolute Gasteiger partial charge is 0.493 e. The van der Waals surface area contributed by atoms with Gasteiger partial charge in [0, 0.05) is 38.3 Å². The summed E-state index contributed by atoms with van der Waals surface area (Å²) in [6.07, 6.45) is 3.70. The van der Waals surface area contributed by atoms with E-state index in [1.54, 1.807) is 14.2 Å². The Labute approximate surface area is 238 Å². The average Bonchev–Trinajstić information content (AvgIpc) is 3.60. The zero-order valence-electron chi connectivity index (χ0n) is 24.2. The minimum atomic E-state index is -0.114. The van der Waals surface area contributed by atoms with Gasteiger partial charge in [0.25, 0.3) is 0 Å². The van der Waals surface area contributed by atoms with Crippen LogP contribution in [0.25, 0.3) is 0 Å². The molecule has 0 bridgehead atoms. The van der Waals surface area contributed by atoms with E-state index in [1.165, 1.54) is 33.4 Å². The zero-order valence-corrected chi connectivity index (χ0v) is 24.2. The lowest BCUT2D eigenvalue weighted by atomic mass is 9.97. The molecule has 0 aromatic heterocycles. The molecule has 40 heavy (non-hydrogen) atoms. The van der Waals surface area contributed by atoms with Gasteiger partial charge in [0.2, 0.25) is 5.91 Å². The highest BCUT2D eigenvalue weighted by Crippen LogP contribution is 2.35. The van der Waals surface area contributed by atoms with Crippen molar-refractivity contribution >= 4 is 5.91 Å². The third kappa shape index (κ3) is 5.23. The van der Waals surface area contributed by atoms with Gasteiger partial charge in [-0.3, -0.25) is 9.69 Å². The highest BCUT2D eigenvalue weighted by Gasteiger charge is 2.43. The molecule has 3 aromatic rings. The molecule has 1 N–H and O–H groups in total. The highest BCUT2D eigenvalue weighted by molar-refractivity contribution is 5.83. The van der Waals surface area contributed by atoms with E-state index >= 15 is 0 Å². The predicted octanol–water partition coefficient (Wildman–Crippen LogP) is 4.61. The van der Waals surface area contributed by atoms with Crippen molar-refractivity contribution in [1.82, 2.24) is 15.1 Å². The van der Waals surface area contributed by atoms with Gasteiger partial charge in [-0.15, -0.1) is 0 Å². The fourth-order valence-electron chi connectivity index (χ4n) is 6.95. The first-order chi connectivity index (χ1) is 19.4. The van der Waals surface area contributed by atoms with Gasteiger partial charge in [-0.25, -0.2) is 0 Å². The summed E-state index contributed by atoms with van der Waals surface area (Å²) in [4.78, 5) is 18.8. The Morgan fingerprint density at radius 1 is 0.925 bits per heavy atom. The third-order valence-electron chi connectivity index (χ3n) is 9.24. The Hall–Kier alpha value is -3.35. The number of carbonyl (C=O) groups excluding carboxylic acids is 1. The lowest BCUT2D eigenvalue weighted by Gasteiger charge is -2.36. The molecule has 6 nitrogen and oxygen atoms in total. The first kappa shape index (κ1) is 26.9. The summed E-state index contributed by atoms with van der Waals surface area (Å²) in [6, 6.07) is 20.1. The summed E-state index contributed by atoms with van der Waals surface area (Å²) in [5.41, 5.74) is 9.19. The summed E-state index contributed by atoms with van der Waals surface area (Å²) in [7, 11) is 3.33. The summed E-state index contributed by atoms with van der Waals surface area (Å²) >= 11 is 0. The van der Waals surface area contributed by atoms with Crippen LogP contribution in [-0.2, 0) is 37.1 Å². The molecular weight excluding hydrogens is 498 g/mol. The fraction of sp³-hybridized carbons (Fsp3) is 0.441. The molecule has 6 heteroatoms. The maximum absolute atomic E-state index is 14.2. The Bertz CT molecular complexity index is 1380. The Balaban J connectivity index is 1.21. The Kier molecular flexibility index (Phi) is 7.56. The van der Waals surface area contributed by atoms with Crippen LogP contribution >= 0.6 is 0 Å². The van der Waals surface area contributed by atoms with Crippen molar-refractivity contribution < 1.29 is 14.3 Å². The maximum atomic E-state index is 14.2. The zero-order chi connectivity index (χ0) is 27.8. The number of rotatable bonds is 7. The van der Waals surface area contributed by atoms with Crippen LogP contribution in [0.1, 0.15) is 45.4 Å². The van der Waals surface area contributed by atoms with Gasteiger partial charge in [-0.1, -0.05) is 48.0 Å². The molecular formula is C34H41N3O3. The molecule has 3 aliphatic rings. The minimum Gasteiger partial charge on any atom is -0.493 e. The lowest BCUT2D eigenvalue weighted by Crippen LogP contribution is -2.50. The predicted molar refractivity (Wildman–Crippen MR) is 158 cm³/mol. The van der Waals surface area contributed by atoms with Crippen LogP contribution in [0.2, 0.25) is 0 Å². The van der Waals surface area contributed by atoms with Gasteiger partial charge in [0.15, 0.2) is 11.5 Å². The smallest absolute Gasteiger partial charge is 0.240 e. The molecule has 2 aliphatic heterocycles. The summed E-state index contributed by atoms with van der Waals surface area (Å²) < 4.78 is 11.1. The fourth-order valence-corrected chi connectivity index (χ4v) is 6.95. The number of hydrogen-bond donors (Lipinski definition) is 1. The van der Waals surface area contributed by atoms with Crippen LogP contribution < -0.4 is 14.8 Å². The number of amides is 1. The van der Waals surface area contributed by atoms with E-state index in [-0.39, 0.29) is 18.0 Å². The normalized spacial score (nSPS) is 20.9. The summed E-state index contributed by atoms with van der Waals surface area (Å²) in [5, 5.41) is 3.83. The second-order valence-corrected chi connectivity index (χ2v) is 11.8. The number of carbonyl (C=O) groups is 1. The van der Waals surface area contributed by atoms with E-state index in [4.69, 9.17) is 9.47 Å². The quantitative estimate of drug-likeness (QED) is 0.476. The molecule has 1 amide bonds. The summed E-state index contributed by atoms with van der Waals surface area (Å²) in [6.45, 7) is 7.40. The molecule has 1 aliphatic carbocycles. The van der Waals surface area contributed by atoms with Crippen LogP contribution in [0.5, 0.6) is 11.5 Å². The summed E-state index contributed by atoms with van der Waals surface area (Å²) in [5.74, 6) is 1.73. The van der Waals surface area contributed by atoms with Crippen LogP contribution in [0.3, 0.4) is 0 Å². The molecule has 0 radical (unpaired) electrons. The molecule has 1 saturated heterocycles. The molecule has 1 fully saturated rings. The minimum absolute atomic E-state index is 0.114. The van der Waals surface area contributed by atoms with Crippen molar-refractivity contribution in [2.24, 2.45) is 0 Å². The van der Waals surface area contributed by atoms with Crippen molar-refractivity contribution in [3.05, 3.63) is 93.5 Å². The van der Waals surface area contributed by atoms with Crippen LogP contribution in [0.4, 0.5) is 0 Å². The van der Waals surface area contributed by atoms with Crippen molar-refractivity contribution in [2.45, 2.75) is 70.7 Å². The average molecular weight is 540 g/mol. The Morgan fingerprint density at radius 2 is 1.62 bits per heavy atom. The molecule has 3 aromatic carbocycles. The van der Waals surface area contributed by atoms with E-state index in [0.717, 1.165) is 62.4 Å². The number of hydrogen-bond acceptors (Lipinski definition) is 5. The van der Waals surface area contributed by atoms with E-state index in [9.17, 15) is 4.79 Å². The Morgan fingerprint density at radius 3 is 2.33 bits per heavy atom. The number of methoxy groups -OCH3 is 2. The van der Waals surface area contributed by atoms with Gasteiger partial charge < -0.3 is 19.7 Å². The van der Waals surface area contributed by atoms with Crippen molar-refractivity contribution in [1.29, 1.82) is 0 Å². The second-order valence-electron chi connectivity index (χ2n) is 11.8. The molecule has 210 valence electrons.